The Kier molecular flexibility index (Phi) is 4.05. The Bertz CT molecular complexity index is 610. The smallest absolute Gasteiger partial charge is 0.269 e. The molecule has 0 bridgehead atoms. The van der Waals surface area contributed by atoms with Crippen molar-refractivity contribution in [2.24, 2.45) is 0 Å². The number of nitrogens with one attached hydrogen (secondary N) is 2. The molecule has 6 nitrogen and oxygen atoms in total. The summed E-state index contributed by atoms with van der Waals surface area (Å²) >= 11 is 1.77. The van der Waals surface area contributed by atoms with E-state index in [2.05, 4.69) is 39.5 Å². The Balaban J connectivity index is 1.57. The van der Waals surface area contributed by atoms with Gasteiger partial charge in [-0.05, 0) is 25.1 Å². The van der Waals surface area contributed by atoms with Gasteiger partial charge in [-0.25, -0.2) is 0 Å². The van der Waals surface area contributed by atoms with Crippen molar-refractivity contribution in [2.45, 2.75) is 25.6 Å². The highest BCUT2D eigenvalue weighted by Gasteiger charge is 2.32. The summed E-state index contributed by atoms with van der Waals surface area (Å²) < 4.78 is 0. The summed E-state index contributed by atoms with van der Waals surface area (Å²) in [5, 5.41) is 19.3. The quantitative estimate of drug-likeness (QED) is 0.779. The van der Waals surface area contributed by atoms with E-state index in [-0.39, 0.29) is 11.9 Å². The number of H-pyrrole nitrogens is 1. The minimum atomic E-state index is -0.544. The lowest BCUT2D eigenvalue weighted by Crippen LogP contribution is -2.42. The molecule has 3 rings (SSSR count). The Morgan fingerprint density at radius 3 is 3.05 bits per heavy atom. The second-order valence-corrected chi connectivity index (χ2v) is 6.70. The van der Waals surface area contributed by atoms with Crippen LogP contribution in [0.5, 0.6) is 0 Å². The number of thiophene rings is 1. The number of aryl methyl sites for hydroxylation is 1. The summed E-state index contributed by atoms with van der Waals surface area (Å²) in [6.07, 6.45) is 0.990. The summed E-state index contributed by atoms with van der Waals surface area (Å²) in [4.78, 5) is 16.7. The topological polar surface area (TPSA) is 81.2 Å². The van der Waals surface area contributed by atoms with Gasteiger partial charge in [0.25, 0.3) is 5.91 Å². The number of β-amino-alcohol motifs (C(OH)–C–C–N with tert-alkyl or cyclic N) is 1. The predicted octanol–water partition coefficient (Wildman–Crippen LogP) is 0.755. The van der Waals surface area contributed by atoms with Crippen LogP contribution in [0.15, 0.2) is 24.4 Å². The van der Waals surface area contributed by atoms with Gasteiger partial charge in [0.1, 0.15) is 5.69 Å². The molecule has 21 heavy (non-hydrogen) atoms. The highest BCUT2D eigenvalue weighted by Crippen LogP contribution is 2.20. The minimum Gasteiger partial charge on any atom is -0.390 e. The molecule has 1 saturated heterocycles. The third-order valence-electron chi connectivity index (χ3n) is 3.60. The van der Waals surface area contributed by atoms with Gasteiger partial charge in [0.15, 0.2) is 0 Å². The van der Waals surface area contributed by atoms with Crippen LogP contribution in [0.4, 0.5) is 0 Å². The Labute approximate surface area is 126 Å². The lowest BCUT2D eigenvalue weighted by molar-refractivity contribution is 0.0883. The highest BCUT2D eigenvalue weighted by molar-refractivity contribution is 7.11. The number of rotatable bonds is 4. The number of aliphatic hydroxyl groups is 1. The van der Waals surface area contributed by atoms with Gasteiger partial charge < -0.3 is 10.4 Å². The molecule has 0 spiro atoms. The fourth-order valence-corrected chi connectivity index (χ4v) is 3.49. The largest absolute Gasteiger partial charge is 0.390 e. The average molecular weight is 306 g/mol. The van der Waals surface area contributed by atoms with Crippen molar-refractivity contribution in [3.63, 3.8) is 0 Å². The summed E-state index contributed by atoms with van der Waals surface area (Å²) in [7, 11) is 0. The molecule has 0 radical (unpaired) electrons. The molecule has 2 aromatic rings. The van der Waals surface area contributed by atoms with Crippen molar-refractivity contribution in [2.75, 3.05) is 13.1 Å². The van der Waals surface area contributed by atoms with Crippen molar-refractivity contribution in [1.29, 1.82) is 0 Å². The molecule has 3 N–H and O–H groups in total. The van der Waals surface area contributed by atoms with E-state index in [1.807, 2.05) is 0 Å². The number of aliphatic hydroxyl groups excluding tert-OH is 1. The van der Waals surface area contributed by atoms with Crippen LogP contribution in [0.2, 0.25) is 0 Å². The van der Waals surface area contributed by atoms with Gasteiger partial charge >= 0.3 is 0 Å². The van der Waals surface area contributed by atoms with Crippen molar-refractivity contribution in [1.82, 2.24) is 20.4 Å². The SMILES string of the molecule is Cc1ccc(CN2C[C@@H](O)[C@H](NC(=O)c3ccn[nH]3)C2)s1. The third kappa shape index (κ3) is 3.31. The molecule has 2 atom stereocenters. The number of carbonyl (C=O) groups excluding carboxylic acids is 1. The molecule has 0 unspecified atom stereocenters. The molecule has 1 aliphatic heterocycles. The van der Waals surface area contributed by atoms with Crippen molar-refractivity contribution >= 4 is 17.2 Å². The number of amides is 1. The zero-order chi connectivity index (χ0) is 14.8. The summed E-state index contributed by atoms with van der Waals surface area (Å²) in [5.74, 6) is -0.231. The maximum Gasteiger partial charge on any atom is 0.269 e. The van der Waals surface area contributed by atoms with Crippen LogP contribution in [0.25, 0.3) is 0 Å². The number of nitrogens with zero attached hydrogens (tertiary/aromatic N) is 2. The third-order valence-corrected chi connectivity index (χ3v) is 4.59. The second kappa shape index (κ2) is 5.97. The van der Waals surface area contributed by atoms with Gasteiger partial charge in [-0.3, -0.25) is 14.8 Å². The van der Waals surface area contributed by atoms with Crippen LogP contribution in [-0.2, 0) is 6.54 Å². The number of aromatic nitrogens is 2. The lowest BCUT2D eigenvalue weighted by atomic mass is 10.2. The number of aromatic amines is 1. The van der Waals surface area contributed by atoms with Crippen LogP contribution >= 0.6 is 11.3 Å². The van der Waals surface area contributed by atoms with Crippen LogP contribution in [0, 0.1) is 6.92 Å². The Morgan fingerprint density at radius 1 is 1.52 bits per heavy atom. The van der Waals surface area contributed by atoms with Crippen molar-refractivity contribution in [3.8, 4) is 0 Å². The van der Waals surface area contributed by atoms with Crippen LogP contribution < -0.4 is 5.32 Å². The fraction of sp³-hybridized carbons (Fsp3) is 0.429. The zero-order valence-corrected chi connectivity index (χ0v) is 12.6. The standard InChI is InChI=1S/C14H18N4O2S/c1-9-2-3-10(21-9)6-18-7-12(13(19)8-18)16-14(20)11-4-5-15-17-11/h2-5,12-13,19H,6-8H2,1H3,(H,15,17)(H,16,20)/t12-,13-/m1/s1. The first-order valence-corrected chi connectivity index (χ1v) is 7.69. The van der Waals surface area contributed by atoms with Crippen LogP contribution in [-0.4, -0.2) is 51.3 Å². The number of hydrogen-bond donors (Lipinski definition) is 3. The normalized spacial score (nSPS) is 22.6. The summed E-state index contributed by atoms with van der Waals surface area (Å²) in [6.45, 7) is 4.12. The van der Waals surface area contributed by atoms with E-state index in [1.165, 1.54) is 16.0 Å². The molecule has 2 aromatic heterocycles. The first kappa shape index (κ1) is 14.2. The van der Waals surface area contributed by atoms with Crippen molar-refractivity contribution < 1.29 is 9.90 Å². The highest BCUT2D eigenvalue weighted by atomic mass is 32.1. The van der Waals surface area contributed by atoms with Gasteiger partial charge in [0, 0.05) is 35.6 Å². The molecule has 0 aromatic carbocycles. The number of carbonyl (C=O) groups is 1. The maximum atomic E-state index is 12.0. The molecule has 0 saturated carbocycles. The van der Waals surface area contributed by atoms with E-state index in [1.54, 1.807) is 17.4 Å². The molecule has 3 heterocycles. The monoisotopic (exact) mass is 306 g/mol. The van der Waals surface area contributed by atoms with Crippen LogP contribution in [0.1, 0.15) is 20.2 Å². The number of likely N-dealkylation sites (tertiary alicyclic amines) is 1. The molecule has 1 fully saturated rings. The van der Waals surface area contributed by atoms with Gasteiger partial charge in [-0.2, -0.15) is 5.10 Å². The van der Waals surface area contributed by atoms with Gasteiger partial charge in [-0.15, -0.1) is 11.3 Å². The van der Waals surface area contributed by atoms with Crippen LogP contribution in [0.3, 0.4) is 0 Å². The Morgan fingerprint density at radius 2 is 2.38 bits per heavy atom. The Hall–Kier alpha value is -1.70. The predicted molar refractivity (Wildman–Crippen MR) is 80.2 cm³/mol. The van der Waals surface area contributed by atoms with E-state index in [0.717, 1.165) is 6.54 Å². The molecule has 0 aliphatic carbocycles. The molecule has 7 heteroatoms. The first-order chi connectivity index (χ1) is 10.1. The lowest BCUT2D eigenvalue weighted by Gasteiger charge is -2.15. The molecular formula is C14H18N4O2S. The van der Waals surface area contributed by atoms with E-state index in [0.29, 0.717) is 18.8 Å². The van der Waals surface area contributed by atoms with E-state index in [9.17, 15) is 9.90 Å². The molecule has 112 valence electrons. The second-order valence-electron chi connectivity index (χ2n) is 5.32. The van der Waals surface area contributed by atoms with Gasteiger partial charge in [0.2, 0.25) is 0 Å². The molecule has 1 aliphatic rings. The minimum absolute atomic E-state index is 0.231. The van der Waals surface area contributed by atoms with Crippen molar-refractivity contribution in [3.05, 3.63) is 39.8 Å². The van der Waals surface area contributed by atoms with Gasteiger partial charge in [-0.1, -0.05) is 0 Å². The number of hydrogen-bond acceptors (Lipinski definition) is 5. The van der Waals surface area contributed by atoms with E-state index < -0.39 is 6.10 Å². The molecular weight excluding hydrogens is 288 g/mol. The average Bonchev–Trinajstić information content (AvgIpc) is 3.14. The first-order valence-electron chi connectivity index (χ1n) is 6.88. The van der Waals surface area contributed by atoms with E-state index in [4.69, 9.17) is 0 Å². The fourth-order valence-electron chi connectivity index (χ4n) is 2.56. The maximum absolute atomic E-state index is 12.0. The zero-order valence-electron chi connectivity index (χ0n) is 11.7. The molecule has 1 amide bonds. The summed E-state index contributed by atoms with van der Waals surface area (Å²) in [6, 6.07) is 5.58. The van der Waals surface area contributed by atoms with E-state index >= 15 is 0 Å². The van der Waals surface area contributed by atoms with Gasteiger partial charge in [0.05, 0.1) is 12.1 Å². The summed E-state index contributed by atoms with van der Waals surface area (Å²) in [5.41, 5.74) is 0.412.